The first-order valence-electron chi connectivity index (χ1n) is 6.22. The van der Waals surface area contributed by atoms with Crippen LogP contribution in [0.3, 0.4) is 0 Å². The summed E-state index contributed by atoms with van der Waals surface area (Å²) >= 11 is 0. The van der Waals surface area contributed by atoms with Gasteiger partial charge in [-0.25, -0.2) is 0 Å². The molecule has 0 radical (unpaired) electrons. The molecule has 0 aromatic heterocycles. The Hall–Kier alpha value is -1.55. The molecule has 0 saturated carbocycles. The summed E-state index contributed by atoms with van der Waals surface area (Å²) in [5, 5.41) is 11.9. The van der Waals surface area contributed by atoms with Crippen LogP contribution in [0, 0.1) is 0 Å². The number of carbonyl (C=O) groups excluding carboxylic acids is 1. The van der Waals surface area contributed by atoms with Crippen LogP contribution in [0.25, 0.3) is 0 Å². The number of rotatable bonds is 6. The van der Waals surface area contributed by atoms with Crippen LogP contribution in [-0.2, 0) is 4.79 Å². The van der Waals surface area contributed by atoms with Crippen molar-refractivity contribution in [2.24, 2.45) is 0 Å². The summed E-state index contributed by atoms with van der Waals surface area (Å²) in [4.78, 5) is 11.5. The fourth-order valence-corrected chi connectivity index (χ4v) is 1.45. The van der Waals surface area contributed by atoms with Crippen LogP contribution in [0.4, 0.5) is 5.69 Å². The summed E-state index contributed by atoms with van der Waals surface area (Å²) in [5.74, 6) is 0.695. The molecule has 0 heterocycles. The van der Waals surface area contributed by atoms with E-state index >= 15 is 0 Å². The maximum absolute atomic E-state index is 11.5. The van der Waals surface area contributed by atoms with Gasteiger partial charge in [-0.05, 0) is 51.5 Å². The standard InChI is InChI=1S/C14H21NO3/c1-10(2)18-13-7-5-12(6-8-13)15-14(17)9-4-11(3)16/h5-8,10-11,16H,4,9H2,1-3H3,(H,15,17). The maximum atomic E-state index is 11.5. The second kappa shape index (κ2) is 7.01. The summed E-state index contributed by atoms with van der Waals surface area (Å²) in [6.07, 6.45) is 0.483. The van der Waals surface area contributed by atoms with Crippen molar-refractivity contribution in [2.75, 3.05) is 5.32 Å². The van der Waals surface area contributed by atoms with Crippen molar-refractivity contribution in [3.8, 4) is 5.75 Å². The third-order valence-electron chi connectivity index (χ3n) is 2.30. The van der Waals surface area contributed by atoms with Gasteiger partial charge in [0.15, 0.2) is 0 Å². The van der Waals surface area contributed by atoms with E-state index in [0.29, 0.717) is 12.8 Å². The predicted molar refractivity (Wildman–Crippen MR) is 71.8 cm³/mol. The average Bonchev–Trinajstić information content (AvgIpc) is 2.28. The molecule has 4 nitrogen and oxygen atoms in total. The summed E-state index contributed by atoms with van der Waals surface area (Å²) in [6, 6.07) is 7.25. The van der Waals surface area contributed by atoms with E-state index in [-0.39, 0.29) is 12.0 Å². The molecule has 0 bridgehead atoms. The Morgan fingerprint density at radius 1 is 1.28 bits per heavy atom. The SMILES string of the molecule is CC(O)CCC(=O)Nc1ccc(OC(C)C)cc1. The number of carbonyl (C=O) groups is 1. The molecule has 0 aliphatic heterocycles. The molecule has 0 aliphatic rings. The Kier molecular flexibility index (Phi) is 5.65. The van der Waals surface area contributed by atoms with Crippen molar-refractivity contribution in [1.29, 1.82) is 0 Å². The number of anilines is 1. The highest BCUT2D eigenvalue weighted by Crippen LogP contribution is 2.17. The van der Waals surface area contributed by atoms with Crippen LogP contribution >= 0.6 is 0 Å². The molecule has 0 aliphatic carbocycles. The first-order chi connectivity index (χ1) is 8.47. The number of aliphatic hydroxyl groups is 1. The van der Waals surface area contributed by atoms with Crippen molar-refractivity contribution in [1.82, 2.24) is 0 Å². The zero-order valence-corrected chi connectivity index (χ0v) is 11.1. The van der Waals surface area contributed by atoms with Crippen molar-refractivity contribution >= 4 is 11.6 Å². The predicted octanol–water partition coefficient (Wildman–Crippen LogP) is 2.57. The van der Waals surface area contributed by atoms with E-state index in [1.807, 2.05) is 26.0 Å². The van der Waals surface area contributed by atoms with Crippen LogP contribution in [-0.4, -0.2) is 23.2 Å². The first-order valence-corrected chi connectivity index (χ1v) is 6.22. The van der Waals surface area contributed by atoms with E-state index in [2.05, 4.69) is 5.32 Å². The summed E-state index contributed by atoms with van der Waals surface area (Å²) in [7, 11) is 0. The van der Waals surface area contributed by atoms with Gasteiger partial charge in [-0.2, -0.15) is 0 Å². The van der Waals surface area contributed by atoms with Gasteiger partial charge in [-0.15, -0.1) is 0 Å². The minimum atomic E-state index is -0.447. The van der Waals surface area contributed by atoms with Gasteiger partial charge in [0.05, 0.1) is 12.2 Å². The fourth-order valence-electron chi connectivity index (χ4n) is 1.45. The maximum Gasteiger partial charge on any atom is 0.224 e. The Morgan fingerprint density at radius 2 is 1.89 bits per heavy atom. The number of nitrogens with one attached hydrogen (secondary N) is 1. The second-order valence-corrected chi connectivity index (χ2v) is 4.63. The highest BCUT2D eigenvalue weighted by atomic mass is 16.5. The summed E-state index contributed by atoms with van der Waals surface area (Å²) in [6.45, 7) is 5.60. The quantitative estimate of drug-likeness (QED) is 0.817. The summed E-state index contributed by atoms with van der Waals surface area (Å²) < 4.78 is 5.51. The Balaban J connectivity index is 2.45. The number of aliphatic hydroxyl groups excluding tert-OH is 1. The zero-order chi connectivity index (χ0) is 13.5. The molecular formula is C14H21NO3. The molecule has 0 fully saturated rings. The van der Waals surface area contributed by atoms with Gasteiger partial charge >= 0.3 is 0 Å². The number of hydrogen-bond acceptors (Lipinski definition) is 3. The van der Waals surface area contributed by atoms with Gasteiger partial charge in [-0.3, -0.25) is 4.79 Å². The van der Waals surface area contributed by atoms with Gasteiger partial charge in [0, 0.05) is 12.1 Å². The largest absolute Gasteiger partial charge is 0.491 e. The third kappa shape index (κ3) is 5.68. The zero-order valence-electron chi connectivity index (χ0n) is 11.1. The lowest BCUT2D eigenvalue weighted by Gasteiger charge is -2.10. The molecule has 1 aromatic carbocycles. The van der Waals surface area contributed by atoms with E-state index in [9.17, 15) is 4.79 Å². The molecule has 0 saturated heterocycles. The average molecular weight is 251 g/mol. The highest BCUT2D eigenvalue weighted by Gasteiger charge is 2.05. The lowest BCUT2D eigenvalue weighted by molar-refractivity contribution is -0.116. The fraction of sp³-hybridized carbons (Fsp3) is 0.500. The number of hydrogen-bond donors (Lipinski definition) is 2. The minimum Gasteiger partial charge on any atom is -0.491 e. The molecule has 1 aromatic rings. The van der Waals surface area contributed by atoms with Gasteiger partial charge in [0.1, 0.15) is 5.75 Å². The molecule has 18 heavy (non-hydrogen) atoms. The van der Waals surface area contributed by atoms with E-state index in [1.165, 1.54) is 0 Å². The molecule has 1 atom stereocenters. The van der Waals surface area contributed by atoms with E-state index in [1.54, 1.807) is 19.1 Å². The van der Waals surface area contributed by atoms with Crippen LogP contribution in [0.1, 0.15) is 33.6 Å². The highest BCUT2D eigenvalue weighted by molar-refractivity contribution is 5.90. The molecule has 1 rings (SSSR count). The van der Waals surface area contributed by atoms with Crippen LogP contribution in [0.15, 0.2) is 24.3 Å². The monoisotopic (exact) mass is 251 g/mol. The molecule has 2 N–H and O–H groups in total. The van der Waals surface area contributed by atoms with Gasteiger partial charge in [0.2, 0.25) is 5.91 Å². The van der Waals surface area contributed by atoms with Crippen molar-refractivity contribution in [3.05, 3.63) is 24.3 Å². The Labute approximate surface area is 108 Å². The molecular weight excluding hydrogens is 230 g/mol. The lowest BCUT2D eigenvalue weighted by atomic mass is 10.2. The normalized spacial score (nSPS) is 12.3. The Bertz CT molecular complexity index is 371. The van der Waals surface area contributed by atoms with Crippen LogP contribution in [0.2, 0.25) is 0 Å². The van der Waals surface area contributed by atoms with E-state index < -0.39 is 6.10 Å². The van der Waals surface area contributed by atoms with Crippen molar-refractivity contribution < 1.29 is 14.6 Å². The van der Waals surface area contributed by atoms with Gasteiger partial charge < -0.3 is 15.2 Å². The van der Waals surface area contributed by atoms with Crippen molar-refractivity contribution in [2.45, 2.75) is 45.8 Å². The Morgan fingerprint density at radius 3 is 2.39 bits per heavy atom. The lowest BCUT2D eigenvalue weighted by Crippen LogP contribution is -2.14. The molecule has 4 heteroatoms. The van der Waals surface area contributed by atoms with Gasteiger partial charge in [-0.1, -0.05) is 0 Å². The number of ether oxygens (including phenoxy) is 1. The minimum absolute atomic E-state index is 0.0894. The van der Waals surface area contributed by atoms with Crippen LogP contribution < -0.4 is 10.1 Å². The number of benzene rings is 1. The molecule has 1 unspecified atom stereocenters. The second-order valence-electron chi connectivity index (χ2n) is 4.63. The van der Waals surface area contributed by atoms with Crippen LogP contribution in [0.5, 0.6) is 5.75 Å². The summed E-state index contributed by atoms with van der Waals surface area (Å²) in [5.41, 5.74) is 0.738. The molecule has 0 spiro atoms. The van der Waals surface area contributed by atoms with Gasteiger partial charge in [0.25, 0.3) is 0 Å². The van der Waals surface area contributed by atoms with E-state index in [0.717, 1.165) is 11.4 Å². The smallest absolute Gasteiger partial charge is 0.224 e. The van der Waals surface area contributed by atoms with E-state index in [4.69, 9.17) is 9.84 Å². The third-order valence-corrected chi connectivity index (χ3v) is 2.30. The van der Waals surface area contributed by atoms with Crippen molar-refractivity contribution in [3.63, 3.8) is 0 Å². The topological polar surface area (TPSA) is 58.6 Å². The molecule has 100 valence electrons. The first kappa shape index (κ1) is 14.5. The number of amides is 1. The molecule has 1 amide bonds.